The van der Waals surface area contributed by atoms with E-state index in [0.717, 1.165) is 10.2 Å². The summed E-state index contributed by atoms with van der Waals surface area (Å²) in [6.45, 7) is 2.31. The monoisotopic (exact) mass is 616 g/mol. The van der Waals surface area contributed by atoms with Gasteiger partial charge in [-0.2, -0.15) is 4.31 Å². The molecule has 3 aromatic rings. The molecule has 2 aliphatic rings. The predicted molar refractivity (Wildman–Crippen MR) is 150 cm³/mol. The molecule has 0 radical (unpaired) electrons. The fraction of sp³-hybridized carbons (Fsp3) is 0.259. The Balaban J connectivity index is 1.39. The standard InChI is InChI=1S/C27H26BrClN4O4S/c28-20-8-6-19(7-9-20)25-26(34)30-12-13-33(25)27(35)23-18-22(10-11-24(23)29)38(36,37)32-16-14-31(15-17-32)21-4-2-1-3-5-21/h1-11,18,25H,12-17H2,(H,30,34). The number of carbonyl (C=O) groups excluding carboxylic acids is 2. The topological polar surface area (TPSA) is 90.0 Å². The van der Waals surface area contributed by atoms with Crippen LogP contribution < -0.4 is 10.2 Å². The van der Waals surface area contributed by atoms with Crippen LogP contribution in [0, 0.1) is 0 Å². The van der Waals surface area contributed by atoms with E-state index in [2.05, 4.69) is 26.1 Å². The third-order valence-corrected chi connectivity index (χ3v) is 9.58. The summed E-state index contributed by atoms with van der Waals surface area (Å²) in [6.07, 6.45) is 0. The van der Waals surface area contributed by atoms with E-state index in [1.165, 1.54) is 27.4 Å². The van der Waals surface area contributed by atoms with Crippen molar-refractivity contribution in [1.29, 1.82) is 0 Å². The summed E-state index contributed by atoms with van der Waals surface area (Å²) in [7, 11) is -3.86. The average molecular weight is 618 g/mol. The van der Waals surface area contributed by atoms with Crippen LogP contribution >= 0.6 is 27.5 Å². The summed E-state index contributed by atoms with van der Waals surface area (Å²) in [6, 6.07) is 20.4. The van der Waals surface area contributed by atoms with E-state index in [4.69, 9.17) is 11.6 Å². The lowest BCUT2D eigenvalue weighted by atomic mass is 10.0. The third kappa shape index (κ3) is 5.31. The van der Waals surface area contributed by atoms with Crippen molar-refractivity contribution >= 4 is 55.1 Å². The Morgan fingerprint density at radius 1 is 0.921 bits per heavy atom. The number of nitrogens with one attached hydrogen (secondary N) is 1. The molecule has 2 heterocycles. The van der Waals surface area contributed by atoms with Crippen LogP contribution in [0.25, 0.3) is 0 Å². The maximum absolute atomic E-state index is 13.7. The molecule has 8 nitrogen and oxygen atoms in total. The van der Waals surface area contributed by atoms with Crippen LogP contribution in [0.2, 0.25) is 5.02 Å². The summed E-state index contributed by atoms with van der Waals surface area (Å²) in [5.41, 5.74) is 1.75. The zero-order valence-corrected chi connectivity index (χ0v) is 23.5. The third-order valence-electron chi connectivity index (χ3n) is 6.82. The van der Waals surface area contributed by atoms with E-state index in [1.54, 1.807) is 24.3 Å². The van der Waals surface area contributed by atoms with Crippen molar-refractivity contribution in [3.63, 3.8) is 0 Å². The van der Waals surface area contributed by atoms with Crippen LogP contribution in [-0.2, 0) is 14.8 Å². The average Bonchev–Trinajstić information content (AvgIpc) is 2.94. The van der Waals surface area contributed by atoms with Gasteiger partial charge in [-0.3, -0.25) is 9.59 Å². The smallest absolute Gasteiger partial charge is 0.256 e. The van der Waals surface area contributed by atoms with Crippen LogP contribution in [0.1, 0.15) is 22.0 Å². The van der Waals surface area contributed by atoms with Crippen LogP contribution in [0.3, 0.4) is 0 Å². The molecule has 5 rings (SSSR count). The van der Waals surface area contributed by atoms with Crippen molar-refractivity contribution in [1.82, 2.24) is 14.5 Å². The number of amides is 2. The van der Waals surface area contributed by atoms with Crippen molar-refractivity contribution in [2.24, 2.45) is 0 Å². The Kier molecular flexibility index (Phi) is 7.76. The van der Waals surface area contributed by atoms with E-state index in [9.17, 15) is 18.0 Å². The van der Waals surface area contributed by atoms with E-state index < -0.39 is 22.0 Å². The zero-order chi connectivity index (χ0) is 26.9. The highest BCUT2D eigenvalue weighted by Crippen LogP contribution is 2.30. The molecule has 0 spiro atoms. The molecule has 2 amide bonds. The molecule has 0 aliphatic carbocycles. The molecule has 2 fully saturated rings. The molecule has 1 atom stereocenters. The quantitative estimate of drug-likeness (QED) is 0.469. The van der Waals surface area contributed by atoms with Crippen LogP contribution in [0.15, 0.2) is 82.2 Å². The van der Waals surface area contributed by atoms with Crippen LogP contribution in [0.5, 0.6) is 0 Å². The number of halogens is 2. The molecule has 0 saturated carbocycles. The van der Waals surface area contributed by atoms with Gasteiger partial charge in [-0.25, -0.2) is 8.42 Å². The Bertz CT molecular complexity index is 1450. The van der Waals surface area contributed by atoms with Gasteiger partial charge in [0.05, 0.1) is 15.5 Å². The summed E-state index contributed by atoms with van der Waals surface area (Å²) < 4.78 is 29.3. The fourth-order valence-electron chi connectivity index (χ4n) is 4.82. The van der Waals surface area contributed by atoms with E-state index >= 15 is 0 Å². The molecule has 198 valence electrons. The number of anilines is 1. The van der Waals surface area contributed by atoms with Gasteiger partial charge in [0, 0.05) is 49.4 Å². The highest BCUT2D eigenvalue weighted by molar-refractivity contribution is 9.10. The highest BCUT2D eigenvalue weighted by Gasteiger charge is 2.36. The molecule has 0 aromatic heterocycles. The molecule has 0 bridgehead atoms. The minimum Gasteiger partial charge on any atom is -0.369 e. The van der Waals surface area contributed by atoms with Gasteiger partial charge in [0.1, 0.15) is 6.04 Å². The van der Waals surface area contributed by atoms with E-state index in [0.29, 0.717) is 38.3 Å². The number of rotatable bonds is 5. The Morgan fingerprint density at radius 3 is 2.29 bits per heavy atom. The van der Waals surface area contributed by atoms with E-state index in [1.807, 2.05) is 30.3 Å². The molecule has 38 heavy (non-hydrogen) atoms. The second kappa shape index (κ2) is 11.1. The number of nitrogens with zero attached hydrogens (tertiary/aromatic N) is 3. The number of para-hydroxylation sites is 1. The van der Waals surface area contributed by atoms with Gasteiger partial charge < -0.3 is 15.1 Å². The first-order chi connectivity index (χ1) is 18.3. The molecule has 1 N–H and O–H groups in total. The molecule has 2 saturated heterocycles. The number of carbonyl (C=O) groups is 2. The summed E-state index contributed by atoms with van der Waals surface area (Å²) >= 11 is 9.80. The van der Waals surface area contributed by atoms with Gasteiger partial charge >= 0.3 is 0 Å². The van der Waals surface area contributed by atoms with Gasteiger partial charge in [-0.1, -0.05) is 57.9 Å². The lowest BCUT2D eigenvalue weighted by molar-refractivity contribution is -0.128. The second-order valence-corrected chi connectivity index (χ2v) is 12.4. The van der Waals surface area contributed by atoms with Crippen LogP contribution in [-0.4, -0.2) is 68.7 Å². The van der Waals surface area contributed by atoms with Gasteiger partial charge in [0.25, 0.3) is 5.91 Å². The largest absolute Gasteiger partial charge is 0.369 e. The molecular formula is C27H26BrClN4O4S. The Labute approximate surface area is 235 Å². The zero-order valence-electron chi connectivity index (χ0n) is 20.4. The first kappa shape index (κ1) is 26.7. The van der Waals surface area contributed by atoms with Crippen LogP contribution in [0.4, 0.5) is 5.69 Å². The molecule has 11 heteroatoms. The van der Waals surface area contributed by atoms with Crippen molar-refractivity contribution in [3.05, 3.63) is 93.4 Å². The molecule has 2 aliphatic heterocycles. The first-order valence-electron chi connectivity index (χ1n) is 12.2. The van der Waals surface area contributed by atoms with Crippen molar-refractivity contribution < 1.29 is 18.0 Å². The highest BCUT2D eigenvalue weighted by atomic mass is 79.9. The number of sulfonamides is 1. The van der Waals surface area contributed by atoms with Gasteiger partial charge in [-0.05, 0) is 48.0 Å². The summed E-state index contributed by atoms with van der Waals surface area (Å²) in [4.78, 5) is 30.1. The Hall–Kier alpha value is -2.92. The molecule has 1 unspecified atom stereocenters. The molecular weight excluding hydrogens is 592 g/mol. The normalized spacial score (nSPS) is 18.8. The second-order valence-electron chi connectivity index (χ2n) is 9.11. The van der Waals surface area contributed by atoms with Gasteiger partial charge in [0.15, 0.2) is 0 Å². The summed E-state index contributed by atoms with van der Waals surface area (Å²) in [5, 5.41) is 2.93. The first-order valence-corrected chi connectivity index (χ1v) is 14.8. The summed E-state index contributed by atoms with van der Waals surface area (Å²) in [5.74, 6) is -0.799. The van der Waals surface area contributed by atoms with E-state index in [-0.39, 0.29) is 27.9 Å². The Morgan fingerprint density at radius 2 is 1.61 bits per heavy atom. The number of hydrogen-bond acceptors (Lipinski definition) is 5. The maximum Gasteiger partial charge on any atom is 0.256 e. The molecule has 3 aromatic carbocycles. The minimum absolute atomic E-state index is 0.0000590. The fourth-order valence-corrected chi connectivity index (χ4v) is 6.73. The van der Waals surface area contributed by atoms with Crippen molar-refractivity contribution in [3.8, 4) is 0 Å². The number of benzene rings is 3. The SMILES string of the molecule is O=C1NCCN(C(=O)c2cc(S(=O)(=O)N3CCN(c4ccccc4)CC3)ccc2Cl)C1c1ccc(Br)cc1. The number of piperazine rings is 2. The minimum atomic E-state index is -3.86. The lowest BCUT2D eigenvalue weighted by Crippen LogP contribution is -2.52. The predicted octanol–water partition coefficient (Wildman–Crippen LogP) is 3.93. The number of hydrogen-bond donors (Lipinski definition) is 1. The van der Waals surface area contributed by atoms with Crippen molar-refractivity contribution in [2.75, 3.05) is 44.2 Å². The van der Waals surface area contributed by atoms with Gasteiger partial charge in [0.2, 0.25) is 15.9 Å². The van der Waals surface area contributed by atoms with Gasteiger partial charge in [-0.15, -0.1) is 0 Å². The maximum atomic E-state index is 13.7. The van der Waals surface area contributed by atoms with Crippen molar-refractivity contribution in [2.45, 2.75) is 10.9 Å². The lowest BCUT2D eigenvalue weighted by Gasteiger charge is -2.36.